The molecule has 0 saturated heterocycles. The van der Waals surface area contributed by atoms with Crippen LogP contribution in [-0.2, 0) is 35.8 Å². The number of fused-ring (bicyclic) bond motifs is 4. The quantitative estimate of drug-likeness (QED) is 0.265. The minimum absolute atomic E-state index is 0.0531. The first-order chi connectivity index (χ1) is 19.5. The monoisotopic (exact) mass is 534 g/mol. The molecule has 0 radical (unpaired) electrons. The first-order valence-electron chi connectivity index (χ1n) is 14.4. The summed E-state index contributed by atoms with van der Waals surface area (Å²) in [4.78, 5) is 4.81. The Kier molecular flexibility index (Phi) is 9.45. The van der Waals surface area contributed by atoms with Crippen molar-refractivity contribution >= 4 is 0 Å². The van der Waals surface area contributed by atoms with Crippen LogP contribution in [0.5, 0.6) is 0 Å². The van der Waals surface area contributed by atoms with E-state index < -0.39 is 0 Å². The SMILES string of the molecule is C[C@H]1C(c2ccccc2)OCc2cccc(c2)CO[C@H](c2ccccc2)[C@H](C)N(C)Cc2cccc(c2)CN1C. The number of nitrogens with zero attached hydrogens (tertiary/aromatic N) is 2. The molecule has 1 unspecified atom stereocenters. The van der Waals surface area contributed by atoms with Crippen molar-refractivity contribution in [3.63, 3.8) is 0 Å². The number of hydrogen-bond donors (Lipinski definition) is 0. The van der Waals surface area contributed by atoms with Crippen LogP contribution < -0.4 is 0 Å². The summed E-state index contributed by atoms with van der Waals surface area (Å²) >= 11 is 0. The van der Waals surface area contributed by atoms with Crippen LogP contribution in [0.1, 0.15) is 59.4 Å². The third-order valence-corrected chi connectivity index (χ3v) is 8.23. The first-order valence-corrected chi connectivity index (χ1v) is 14.4. The molecule has 1 heterocycles. The van der Waals surface area contributed by atoms with Gasteiger partial charge in [-0.15, -0.1) is 0 Å². The number of rotatable bonds is 2. The Morgan fingerprint density at radius 1 is 0.500 bits per heavy atom. The molecule has 40 heavy (non-hydrogen) atoms. The fraction of sp³-hybridized carbons (Fsp3) is 0.333. The molecule has 0 fully saturated rings. The van der Waals surface area contributed by atoms with Gasteiger partial charge in [0.2, 0.25) is 0 Å². The Hall–Kier alpha value is -3.28. The van der Waals surface area contributed by atoms with E-state index in [0.29, 0.717) is 13.2 Å². The molecule has 4 atom stereocenters. The van der Waals surface area contributed by atoms with Gasteiger partial charge in [0.1, 0.15) is 0 Å². The van der Waals surface area contributed by atoms with Crippen LogP contribution in [0.25, 0.3) is 0 Å². The van der Waals surface area contributed by atoms with Crippen molar-refractivity contribution < 1.29 is 9.47 Å². The molecule has 0 N–H and O–H groups in total. The molecule has 0 aromatic heterocycles. The molecule has 4 heteroatoms. The zero-order valence-electron chi connectivity index (χ0n) is 24.2. The first kappa shape index (κ1) is 28.3. The van der Waals surface area contributed by atoms with Crippen LogP contribution in [0.4, 0.5) is 0 Å². The highest BCUT2D eigenvalue weighted by Gasteiger charge is 2.26. The maximum absolute atomic E-state index is 6.68. The molecule has 208 valence electrons. The molecule has 1 aliphatic heterocycles. The summed E-state index contributed by atoms with van der Waals surface area (Å²) in [5.74, 6) is 0. The van der Waals surface area contributed by atoms with Gasteiger partial charge in [-0.2, -0.15) is 0 Å². The molecular weight excluding hydrogens is 492 g/mol. The second kappa shape index (κ2) is 13.4. The minimum Gasteiger partial charge on any atom is -0.367 e. The summed E-state index contributed by atoms with van der Waals surface area (Å²) < 4.78 is 13.4. The van der Waals surface area contributed by atoms with Gasteiger partial charge in [-0.3, -0.25) is 9.80 Å². The molecule has 4 nitrogen and oxygen atoms in total. The topological polar surface area (TPSA) is 24.9 Å². The van der Waals surface area contributed by atoms with Gasteiger partial charge in [0, 0.05) is 25.2 Å². The minimum atomic E-state index is -0.0531. The summed E-state index contributed by atoms with van der Waals surface area (Å²) in [5, 5.41) is 0. The summed E-state index contributed by atoms with van der Waals surface area (Å²) in [7, 11) is 4.40. The van der Waals surface area contributed by atoms with E-state index in [1.54, 1.807) is 0 Å². The van der Waals surface area contributed by atoms with Crippen molar-refractivity contribution in [1.29, 1.82) is 0 Å². The summed E-state index contributed by atoms with van der Waals surface area (Å²) in [6, 6.07) is 39.2. The van der Waals surface area contributed by atoms with Crippen molar-refractivity contribution in [3.8, 4) is 0 Å². The summed E-state index contributed by atoms with van der Waals surface area (Å²) in [6.45, 7) is 7.33. The molecule has 0 aliphatic carbocycles. The zero-order valence-corrected chi connectivity index (χ0v) is 24.2. The largest absolute Gasteiger partial charge is 0.367 e. The van der Waals surface area contributed by atoms with Gasteiger partial charge >= 0.3 is 0 Å². The highest BCUT2D eigenvalue weighted by molar-refractivity contribution is 5.26. The highest BCUT2D eigenvalue weighted by Crippen LogP contribution is 2.29. The van der Waals surface area contributed by atoms with Crippen molar-refractivity contribution in [2.45, 2.75) is 64.4 Å². The Morgan fingerprint density at radius 3 is 1.30 bits per heavy atom. The van der Waals surface area contributed by atoms with E-state index in [9.17, 15) is 0 Å². The van der Waals surface area contributed by atoms with Gasteiger partial charge in [0.05, 0.1) is 25.4 Å². The fourth-order valence-electron chi connectivity index (χ4n) is 5.65. The molecule has 4 bridgehead atoms. The second-order valence-electron chi connectivity index (χ2n) is 11.2. The summed E-state index contributed by atoms with van der Waals surface area (Å²) in [6.07, 6.45) is -0.106. The normalized spacial score (nSPS) is 23.7. The van der Waals surface area contributed by atoms with E-state index in [0.717, 1.165) is 24.2 Å². The number of likely N-dealkylation sites (N-methyl/N-ethyl adjacent to an activating group) is 2. The lowest BCUT2D eigenvalue weighted by Crippen LogP contribution is -2.36. The highest BCUT2D eigenvalue weighted by atomic mass is 16.5. The van der Waals surface area contributed by atoms with Crippen molar-refractivity contribution in [3.05, 3.63) is 143 Å². The van der Waals surface area contributed by atoms with E-state index in [-0.39, 0.29) is 24.3 Å². The number of hydrogen-bond acceptors (Lipinski definition) is 4. The van der Waals surface area contributed by atoms with Crippen LogP contribution in [0, 0.1) is 0 Å². The Labute approximate surface area is 240 Å². The van der Waals surface area contributed by atoms with Crippen molar-refractivity contribution in [2.24, 2.45) is 0 Å². The Morgan fingerprint density at radius 2 is 0.875 bits per heavy atom. The van der Waals surface area contributed by atoms with E-state index in [1.165, 1.54) is 22.3 Å². The maximum atomic E-state index is 6.68. The predicted octanol–water partition coefficient (Wildman–Crippen LogP) is 7.56. The van der Waals surface area contributed by atoms with Gasteiger partial charge in [0.15, 0.2) is 0 Å². The van der Waals surface area contributed by atoms with Crippen molar-refractivity contribution in [1.82, 2.24) is 9.80 Å². The molecular formula is C36H42N2O2. The lowest BCUT2D eigenvalue weighted by molar-refractivity contribution is -0.0181. The zero-order chi connectivity index (χ0) is 27.9. The van der Waals surface area contributed by atoms with E-state index in [4.69, 9.17) is 9.47 Å². The molecule has 1 aliphatic rings. The van der Waals surface area contributed by atoms with E-state index >= 15 is 0 Å². The Bertz CT molecular complexity index is 1250. The molecule has 0 spiro atoms. The second-order valence-corrected chi connectivity index (χ2v) is 11.2. The Balaban J connectivity index is 1.48. The number of benzene rings is 4. The van der Waals surface area contributed by atoms with Crippen molar-refractivity contribution in [2.75, 3.05) is 14.1 Å². The van der Waals surface area contributed by atoms with Crippen LogP contribution in [-0.4, -0.2) is 36.0 Å². The van der Waals surface area contributed by atoms with Crippen LogP contribution >= 0.6 is 0 Å². The van der Waals surface area contributed by atoms with E-state index in [1.807, 2.05) is 0 Å². The lowest BCUT2D eigenvalue weighted by Gasteiger charge is -2.34. The van der Waals surface area contributed by atoms with Crippen LogP contribution in [0.15, 0.2) is 109 Å². The third kappa shape index (κ3) is 7.07. The predicted molar refractivity (Wildman–Crippen MR) is 163 cm³/mol. The number of ether oxygens (including phenoxy) is 2. The molecule has 4 aromatic rings. The maximum Gasteiger partial charge on any atom is 0.0981 e. The molecule has 0 saturated carbocycles. The summed E-state index contributed by atoms with van der Waals surface area (Å²) in [5.41, 5.74) is 7.34. The van der Waals surface area contributed by atoms with Gasteiger partial charge in [-0.1, -0.05) is 109 Å². The molecule has 5 rings (SSSR count). The molecule has 4 aromatic carbocycles. The van der Waals surface area contributed by atoms with Gasteiger partial charge in [-0.05, 0) is 61.3 Å². The van der Waals surface area contributed by atoms with Gasteiger partial charge in [-0.25, -0.2) is 0 Å². The van der Waals surface area contributed by atoms with Crippen LogP contribution in [0.3, 0.4) is 0 Å². The van der Waals surface area contributed by atoms with Crippen LogP contribution in [0.2, 0.25) is 0 Å². The molecule has 0 amide bonds. The van der Waals surface area contributed by atoms with Gasteiger partial charge < -0.3 is 9.47 Å². The van der Waals surface area contributed by atoms with Gasteiger partial charge in [0.25, 0.3) is 0 Å². The van der Waals surface area contributed by atoms with E-state index in [2.05, 4.69) is 147 Å². The smallest absolute Gasteiger partial charge is 0.0981 e. The average Bonchev–Trinajstić information content (AvgIpc) is 2.98. The fourth-order valence-corrected chi connectivity index (χ4v) is 5.65. The average molecular weight is 535 g/mol. The third-order valence-electron chi connectivity index (χ3n) is 8.23. The lowest BCUT2D eigenvalue weighted by atomic mass is 10.0. The standard InChI is InChI=1S/C36H42N2O2/c1-27-35(33-17-7-5-8-18-33)39-25-31-15-12-16-32(22-31)26-40-36(34-19-9-6-10-20-34)28(2)38(4)24-30-14-11-13-29(21-30)23-37(27)3/h5-22,27-28,35-36H,23-26H2,1-4H3/t27-,28-,35-,36?/m0/s1.